The van der Waals surface area contributed by atoms with Gasteiger partial charge in [-0.3, -0.25) is 14.7 Å². The van der Waals surface area contributed by atoms with E-state index in [1.54, 1.807) is 18.5 Å². The number of aryl methyl sites for hydroxylation is 1. The molecule has 2 aromatic heterocycles. The number of nitrogens with zero attached hydrogens (tertiary/aromatic N) is 5. The van der Waals surface area contributed by atoms with Crippen molar-refractivity contribution >= 4 is 11.6 Å². The van der Waals surface area contributed by atoms with Crippen molar-refractivity contribution in [1.82, 2.24) is 19.4 Å². The molecule has 0 bridgehead atoms. The number of anilines is 1. The van der Waals surface area contributed by atoms with E-state index in [0.717, 1.165) is 11.5 Å². The summed E-state index contributed by atoms with van der Waals surface area (Å²) in [4.78, 5) is 23.7. The SMILES string of the molecule is CN(C[C@@H]1C[C@H](F)CN1Cc1nccn1C)c1ccnc(C(N)=O)c1. The summed E-state index contributed by atoms with van der Waals surface area (Å²) in [7, 11) is 3.86. The molecule has 3 heterocycles. The number of hydrogen-bond acceptors (Lipinski definition) is 5. The van der Waals surface area contributed by atoms with Crippen molar-refractivity contribution < 1.29 is 9.18 Å². The van der Waals surface area contributed by atoms with Crippen LogP contribution in [0.25, 0.3) is 0 Å². The highest BCUT2D eigenvalue weighted by Gasteiger charge is 2.33. The lowest BCUT2D eigenvalue weighted by Gasteiger charge is -2.29. The maximum absolute atomic E-state index is 14.0. The molecule has 2 aromatic rings. The largest absolute Gasteiger partial charge is 0.373 e. The van der Waals surface area contributed by atoms with E-state index in [1.807, 2.05) is 35.8 Å². The minimum Gasteiger partial charge on any atom is -0.373 e. The summed E-state index contributed by atoms with van der Waals surface area (Å²) in [6.07, 6.45) is 4.85. The fourth-order valence-electron chi connectivity index (χ4n) is 3.25. The molecule has 2 N–H and O–H groups in total. The van der Waals surface area contributed by atoms with Crippen molar-refractivity contribution in [2.75, 3.05) is 25.0 Å². The number of likely N-dealkylation sites (N-methyl/N-ethyl adjacent to an activating group) is 1. The molecule has 0 saturated carbocycles. The first-order valence-electron chi connectivity index (χ1n) is 8.25. The van der Waals surface area contributed by atoms with Crippen LogP contribution in [0.4, 0.5) is 10.1 Å². The van der Waals surface area contributed by atoms with Crippen molar-refractivity contribution in [3.8, 4) is 0 Å². The summed E-state index contributed by atoms with van der Waals surface area (Å²) in [6, 6.07) is 3.55. The Morgan fingerprint density at radius 2 is 2.24 bits per heavy atom. The van der Waals surface area contributed by atoms with Crippen molar-refractivity contribution in [2.45, 2.75) is 25.2 Å². The van der Waals surface area contributed by atoms with Gasteiger partial charge in [-0.15, -0.1) is 0 Å². The number of primary amides is 1. The van der Waals surface area contributed by atoms with Gasteiger partial charge in [-0.2, -0.15) is 0 Å². The third kappa shape index (κ3) is 3.96. The van der Waals surface area contributed by atoms with Gasteiger partial charge in [0.25, 0.3) is 5.91 Å². The third-order valence-electron chi connectivity index (χ3n) is 4.66. The second-order valence-electron chi connectivity index (χ2n) is 6.51. The van der Waals surface area contributed by atoms with Crippen LogP contribution in [0.1, 0.15) is 22.7 Å². The minimum atomic E-state index is -0.836. The summed E-state index contributed by atoms with van der Waals surface area (Å²) in [5, 5.41) is 0. The number of aromatic nitrogens is 3. The molecule has 134 valence electrons. The van der Waals surface area contributed by atoms with Gasteiger partial charge in [-0.05, 0) is 18.6 Å². The van der Waals surface area contributed by atoms with Gasteiger partial charge in [0.15, 0.2) is 0 Å². The van der Waals surface area contributed by atoms with Gasteiger partial charge in [0.1, 0.15) is 17.7 Å². The van der Waals surface area contributed by atoms with Gasteiger partial charge in [-0.25, -0.2) is 9.37 Å². The van der Waals surface area contributed by atoms with E-state index in [4.69, 9.17) is 5.73 Å². The van der Waals surface area contributed by atoms with Gasteiger partial charge >= 0.3 is 0 Å². The quantitative estimate of drug-likeness (QED) is 0.843. The zero-order valence-electron chi connectivity index (χ0n) is 14.5. The molecular weight excluding hydrogens is 323 g/mol. The lowest BCUT2D eigenvalue weighted by molar-refractivity contribution is 0.0995. The first-order valence-corrected chi connectivity index (χ1v) is 8.25. The second kappa shape index (κ2) is 7.18. The number of imidazole rings is 1. The van der Waals surface area contributed by atoms with E-state index in [2.05, 4.69) is 14.9 Å². The molecule has 1 fully saturated rings. The predicted octanol–water partition coefficient (Wildman–Crippen LogP) is 0.963. The topological polar surface area (TPSA) is 80.3 Å². The second-order valence-corrected chi connectivity index (χ2v) is 6.51. The standard InChI is InChI=1S/C17H23FN6O/c1-22-6-5-21-16(22)11-24-9-12(18)7-14(24)10-23(2)13-3-4-20-15(8-13)17(19)25/h3-6,8,12,14H,7,9-11H2,1-2H3,(H2,19,25)/t12-,14-/m0/s1. The summed E-state index contributed by atoms with van der Waals surface area (Å²) < 4.78 is 16.0. The third-order valence-corrected chi connectivity index (χ3v) is 4.66. The number of nitrogens with two attached hydrogens (primary N) is 1. The molecule has 8 heteroatoms. The normalized spacial score (nSPS) is 20.8. The van der Waals surface area contributed by atoms with E-state index in [-0.39, 0.29) is 11.7 Å². The number of rotatable bonds is 6. The van der Waals surface area contributed by atoms with Crippen LogP contribution in [0.3, 0.4) is 0 Å². The van der Waals surface area contributed by atoms with E-state index >= 15 is 0 Å². The first-order chi connectivity index (χ1) is 11.9. The average molecular weight is 346 g/mol. The average Bonchev–Trinajstić information content (AvgIpc) is 3.13. The molecule has 1 amide bonds. The molecule has 0 radical (unpaired) electrons. The fourth-order valence-corrected chi connectivity index (χ4v) is 3.25. The number of pyridine rings is 1. The van der Waals surface area contributed by atoms with Crippen molar-refractivity contribution in [3.63, 3.8) is 0 Å². The summed E-state index contributed by atoms with van der Waals surface area (Å²) in [5.41, 5.74) is 6.35. The molecule has 0 aliphatic carbocycles. The summed E-state index contributed by atoms with van der Waals surface area (Å²) >= 11 is 0. The predicted molar refractivity (Wildman–Crippen MR) is 92.9 cm³/mol. The minimum absolute atomic E-state index is 0.0712. The van der Waals surface area contributed by atoms with Crippen LogP contribution in [-0.2, 0) is 13.6 Å². The number of likely N-dealkylation sites (tertiary alicyclic amines) is 1. The van der Waals surface area contributed by atoms with Crippen LogP contribution in [0.15, 0.2) is 30.7 Å². The first kappa shape index (κ1) is 17.3. The Bertz CT molecular complexity index is 748. The zero-order chi connectivity index (χ0) is 18.0. The van der Waals surface area contributed by atoms with Crippen LogP contribution in [-0.4, -0.2) is 57.7 Å². The lowest BCUT2D eigenvalue weighted by atomic mass is 10.2. The molecule has 7 nitrogen and oxygen atoms in total. The fraction of sp³-hybridized carbons (Fsp3) is 0.471. The molecule has 0 unspecified atom stereocenters. The van der Waals surface area contributed by atoms with Gasteiger partial charge in [0.05, 0.1) is 6.54 Å². The highest BCUT2D eigenvalue weighted by atomic mass is 19.1. The van der Waals surface area contributed by atoms with E-state index in [1.165, 1.54) is 0 Å². The summed E-state index contributed by atoms with van der Waals surface area (Å²) in [6.45, 7) is 1.67. The Morgan fingerprint density at radius 3 is 2.92 bits per heavy atom. The Hall–Kier alpha value is -2.48. The molecule has 0 aromatic carbocycles. The van der Waals surface area contributed by atoms with Crippen molar-refractivity contribution in [3.05, 3.63) is 42.2 Å². The van der Waals surface area contributed by atoms with Gasteiger partial charge in [-0.1, -0.05) is 0 Å². The van der Waals surface area contributed by atoms with Gasteiger partial charge in [0, 0.05) is 57.5 Å². The van der Waals surface area contributed by atoms with Crippen LogP contribution in [0, 0.1) is 0 Å². The van der Waals surface area contributed by atoms with Gasteiger partial charge < -0.3 is 15.2 Å². The number of amides is 1. The number of carbonyl (C=O) groups is 1. The van der Waals surface area contributed by atoms with E-state index in [9.17, 15) is 9.18 Å². The van der Waals surface area contributed by atoms with E-state index < -0.39 is 12.1 Å². The molecule has 1 aliphatic heterocycles. The molecular formula is C17H23FN6O. The van der Waals surface area contributed by atoms with E-state index in [0.29, 0.717) is 26.1 Å². The molecule has 2 atom stereocenters. The van der Waals surface area contributed by atoms with Crippen LogP contribution >= 0.6 is 0 Å². The van der Waals surface area contributed by atoms with Crippen molar-refractivity contribution in [2.24, 2.45) is 12.8 Å². The number of halogens is 1. The number of carbonyl (C=O) groups excluding carboxylic acids is 1. The Morgan fingerprint density at radius 1 is 1.44 bits per heavy atom. The molecule has 0 spiro atoms. The van der Waals surface area contributed by atoms with Gasteiger partial charge in [0.2, 0.25) is 0 Å². The van der Waals surface area contributed by atoms with Crippen molar-refractivity contribution in [1.29, 1.82) is 0 Å². The maximum Gasteiger partial charge on any atom is 0.267 e. The molecule has 3 rings (SSSR count). The number of hydrogen-bond donors (Lipinski definition) is 1. The van der Waals surface area contributed by atoms with Crippen LogP contribution < -0.4 is 10.6 Å². The Balaban J connectivity index is 1.70. The molecule has 1 aliphatic rings. The molecule has 1 saturated heterocycles. The number of alkyl halides is 1. The Labute approximate surface area is 146 Å². The monoisotopic (exact) mass is 346 g/mol. The summed E-state index contributed by atoms with van der Waals surface area (Å²) in [5.74, 6) is 0.359. The lowest BCUT2D eigenvalue weighted by Crippen LogP contribution is -2.39. The maximum atomic E-state index is 14.0. The van der Waals surface area contributed by atoms with Crippen LogP contribution in [0.5, 0.6) is 0 Å². The zero-order valence-corrected chi connectivity index (χ0v) is 14.5. The highest BCUT2D eigenvalue weighted by molar-refractivity contribution is 5.91. The smallest absolute Gasteiger partial charge is 0.267 e. The Kier molecular flexibility index (Phi) is 4.98. The van der Waals surface area contributed by atoms with Crippen LogP contribution in [0.2, 0.25) is 0 Å². The molecule has 25 heavy (non-hydrogen) atoms. The highest BCUT2D eigenvalue weighted by Crippen LogP contribution is 2.24.